The normalized spacial score (nSPS) is 31.6. The summed E-state index contributed by atoms with van der Waals surface area (Å²) in [5.41, 5.74) is 3.53. The molecule has 3 aliphatic rings. The number of aryl methyl sites for hydroxylation is 1. The van der Waals surface area contributed by atoms with Gasteiger partial charge in [-0.1, -0.05) is 55.4 Å². The molecule has 28 heteroatoms. The maximum Gasteiger partial charge on any atom is 0.472 e. The van der Waals surface area contributed by atoms with Gasteiger partial charge in [-0.3, -0.25) is 27.5 Å². The van der Waals surface area contributed by atoms with Crippen LogP contribution in [0.3, 0.4) is 0 Å². The Balaban J connectivity index is 1.33. The summed E-state index contributed by atoms with van der Waals surface area (Å²) >= 11 is 0. The number of halogens is 2. The molecule has 4 aromatic heterocycles. The Bertz CT molecular complexity index is 2450. The standard InChI is InChI=1S/C34H52F2N8O14P2Si2/c1-16(2)61(50,17(3)4)58-62(18(5)6,19(7)8)57-27-22-12-52-59(46,47)55-26-21(53-33(24(26)36)44-15-40-25-29(37)38-13-39-31(25)44)11-51-60(48,49)56-28(27)34(54-22)43-10-20(35)23-30(43)41-14-42(9)32(23)45/h10,13-19,21-22,24,26-28,33-34,50H,11-12H2,1-9H3,(H,46,47)(H,48,49)(H2,37,38,39)/t21?,22-,24-,26-,27-,28-,33-,34-/m1/s1. The zero-order valence-corrected chi connectivity index (χ0v) is 39.1. The number of hydrogen-bond acceptors (Lipinski definition) is 17. The third-order valence-corrected chi connectivity index (χ3v) is 23.3. The van der Waals surface area contributed by atoms with E-state index in [0.29, 0.717) is 0 Å². The number of alkyl halides is 1. The monoisotopic (exact) mass is 952 g/mol. The van der Waals surface area contributed by atoms with Gasteiger partial charge in [0.15, 0.2) is 41.6 Å². The van der Waals surface area contributed by atoms with Crippen molar-refractivity contribution in [1.29, 1.82) is 0 Å². The van der Waals surface area contributed by atoms with Crippen molar-refractivity contribution >= 4 is 60.8 Å². The lowest BCUT2D eigenvalue weighted by molar-refractivity contribution is -0.0670. The maximum atomic E-state index is 16.5. The number of nitrogen functional groups attached to an aromatic ring is 1. The molecule has 2 bridgehead atoms. The predicted octanol–water partition coefficient (Wildman–Crippen LogP) is 4.37. The molecule has 0 radical (unpaired) electrons. The van der Waals surface area contributed by atoms with Crippen LogP contribution in [0.2, 0.25) is 22.2 Å². The molecule has 3 fully saturated rings. The first kappa shape index (κ1) is 47.1. The van der Waals surface area contributed by atoms with Crippen molar-refractivity contribution in [3.8, 4) is 0 Å². The van der Waals surface area contributed by atoms with Gasteiger partial charge >= 0.3 is 32.8 Å². The molecule has 4 aromatic rings. The Kier molecular flexibility index (Phi) is 13.0. The molecule has 62 heavy (non-hydrogen) atoms. The molecule has 7 rings (SSSR count). The molecule has 10 atom stereocenters. The van der Waals surface area contributed by atoms with Crippen LogP contribution in [0.25, 0.3) is 22.2 Å². The topological polar surface area (TPSA) is 278 Å². The third-order valence-electron chi connectivity index (χ3n) is 11.6. The van der Waals surface area contributed by atoms with E-state index in [1.165, 1.54) is 7.05 Å². The molecule has 7 heterocycles. The molecule has 0 spiro atoms. The van der Waals surface area contributed by atoms with E-state index in [0.717, 1.165) is 38.9 Å². The van der Waals surface area contributed by atoms with Gasteiger partial charge in [-0.15, -0.1) is 0 Å². The van der Waals surface area contributed by atoms with Crippen molar-refractivity contribution in [2.75, 3.05) is 18.9 Å². The van der Waals surface area contributed by atoms with E-state index in [4.69, 9.17) is 41.8 Å². The van der Waals surface area contributed by atoms with Gasteiger partial charge in [0, 0.05) is 13.2 Å². The minimum atomic E-state index is -5.38. The van der Waals surface area contributed by atoms with Crippen LogP contribution in [0, 0.1) is 5.82 Å². The Hall–Kier alpha value is -2.92. The highest BCUT2D eigenvalue weighted by molar-refractivity contribution is 7.47. The first-order chi connectivity index (χ1) is 28.9. The molecule has 5 N–H and O–H groups in total. The van der Waals surface area contributed by atoms with Gasteiger partial charge in [0.05, 0.1) is 25.9 Å². The smallest absolute Gasteiger partial charge is 0.414 e. The van der Waals surface area contributed by atoms with Crippen LogP contribution >= 0.6 is 15.6 Å². The van der Waals surface area contributed by atoms with Crippen LogP contribution in [-0.4, -0.2) is 115 Å². The van der Waals surface area contributed by atoms with Gasteiger partial charge in [0.1, 0.15) is 47.8 Å². The van der Waals surface area contributed by atoms with Crippen molar-refractivity contribution in [2.45, 2.75) is 127 Å². The van der Waals surface area contributed by atoms with Crippen molar-refractivity contribution in [3.05, 3.63) is 41.3 Å². The number of phosphoric acid groups is 2. The molecule has 0 aliphatic carbocycles. The number of hydrogen-bond donors (Lipinski definition) is 4. The Morgan fingerprint density at radius 3 is 2.05 bits per heavy atom. The highest BCUT2D eigenvalue weighted by Gasteiger charge is 2.61. The summed E-state index contributed by atoms with van der Waals surface area (Å²) in [6.45, 7) is 12.8. The largest absolute Gasteiger partial charge is 0.472 e. The van der Waals surface area contributed by atoms with Gasteiger partial charge in [-0.05, 0) is 22.2 Å². The second-order valence-corrected chi connectivity index (χ2v) is 28.3. The summed E-state index contributed by atoms with van der Waals surface area (Å²) in [6.07, 6.45) is -9.78. The van der Waals surface area contributed by atoms with Gasteiger partial charge in [-0.2, -0.15) is 0 Å². The molecule has 3 saturated heterocycles. The highest BCUT2D eigenvalue weighted by atomic mass is 31.2. The van der Waals surface area contributed by atoms with Crippen LogP contribution in [-0.2, 0) is 52.3 Å². The quantitative estimate of drug-likeness (QED) is 0.127. The van der Waals surface area contributed by atoms with E-state index in [2.05, 4.69) is 19.9 Å². The Morgan fingerprint density at radius 1 is 0.839 bits per heavy atom. The van der Waals surface area contributed by atoms with E-state index in [1.54, 1.807) is 0 Å². The molecule has 22 nitrogen and oxygen atoms in total. The van der Waals surface area contributed by atoms with E-state index in [1.807, 2.05) is 55.4 Å². The zero-order valence-electron chi connectivity index (χ0n) is 35.3. The number of anilines is 1. The number of phosphoric ester groups is 2. The molecule has 344 valence electrons. The van der Waals surface area contributed by atoms with Crippen LogP contribution in [0.4, 0.5) is 14.6 Å². The predicted molar refractivity (Wildman–Crippen MR) is 219 cm³/mol. The molecule has 0 saturated carbocycles. The number of aromatic nitrogens is 7. The summed E-state index contributed by atoms with van der Waals surface area (Å²) < 4.78 is 112. The number of ether oxygens (including phenoxy) is 2. The molecule has 3 unspecified atom stereocenters. The van der Waals surface area contributed by atoms with Crippen molar-refractivity contribution in [3.63, 3.8) is 0 Å². The van der Waals surface area contributed by atoms with E-state index in [-0.39, 0.29) is 33.7 Å². The number of rotatable bonds is 10. The highest BCUT2D eigenvalue weighted by Crippen LogP contribution is 2.56. The summed E-state index contributed by atoms with van der Waals surface area (Å²) in [4.78, 5) is 64.4. The fourth-order valence-electron chi connectivity index (χ4n) is 8.20. The minimum Gasteiger partial charge on any atom is -0.414 e. The van der Waals surface area contributed by atoms with Gasteiger partial charge in [-0.25, -0.2) is 37.8 Å². The number of fused-ring (bicyclic) bond motifs is 5. The summed E-state index contributed by atoms with van der Waals surface area (Å²) in [5.74, 6) is -1.03. The Morgan fingerprint density at radius 2 is 1.44 bits per heavy atom. The minimum absolute atomic E-state index is 0.0203. The molecule has 3 aliphatic heterocycles. The van der Waals surface area contributed by atoms with E-state index in [9.17, 15) is 28.5 Å². The van der Waals surface area contributed by atoms with Crippen LogP contribution in [0.15, 0.2) is 30.0 Å². The van der Waals surface area contributed by atoms with Gasteiger partial charge in [0.25, 0.3) is 5.56 Å². The lowest BCUT2D eigenvalue weighted by Gasteiger charge is -2.47. The first-order valence-corrected chi connectivity index (χ1v) is 26.9. The van der Waals surface area contributed by atoms with Gasteiger partial charge in [0.2, 0.25) is 0 Å². The molecular weight excluding hydrogens is 901 g/mol. The summed E-state index contributed by atoms with van der Waals surface area (Å²) in [5, 5.41) is -0.443. The second kappa shape index (κ2) is 17.1. The second-order valence-electron chi connectivity index (χ2n) is 16.8. The average Bonchev–Trinajstić information content (AvgIpc) is 3.93. The lowest BCUT2D eigenvalue weighted by atomic mass is 10.1. The van der Waals surface area contributed by atoms with Crippen LogP contribution in [0.1, 0.15) is 67.8 Å². The van der Waals surface area contributed by atoms with Crippen LogP contribution < -0.4 is 11.3 Å². The average molecular weight is 953 g/mol. The van der Waals surface area contributed by atoms with Crippen molar-refractivity contribution < 1.29 is 68.6 Å². The lowest BCUT2D eigenvalue weighted by Crippen LogP contribution is -2.62. The number of nitrogens with two attached hydrogens (primary N) is 1. The van der Waals surface area contributed by atoms with E-state index < -0.39 is 123 Å². The molecule has 0 aromatic carbocycles. The number of nitrogens with zero attached hydrogens (tertiary/aromatic N) is 7. The fourth-order valence-corrected chi connectivity index (χ4v) is 20.0. The Labute approximate surface area is 356 Å². The van der Waals surface area contributed by atoms with Crippen molar-refractivity contribution in [1.82, 2.24) is 33.6 Å². The van der Waals surface area contributed by atoms with E-state index >= 15 is 8.78 Å². The first-order valence-electron chi connectivity index (χ1n) is 19.9. The van der Waals surface area contributed by atoms with Crippen LogP contribution in [0.5, 0.6) is 0 Å². The SMILES string of the molecule is CC(C)[Si](O)(O[Si](O[C@H]1[C@H]2OP(=O)(O)OCC3O[C@@H](n4cnc5c(N)ncnc54)[C@H](F)[C@@H]3OP(=O)(O)OC[C@H]1O[C@H]2n1cc(F)c2c(=O)n(C)cnc21)(C(C)C)C(C)C)C(C)C. The summed E-state index contributed by atoms with van der Waals surface area (Å²) in [7, 11) is -16.8. The molecular formula is C34H52F2N8O14P2Si2. The molecule has 0 amide bonds. The number of imidazole rings is 1. The fraction of sp³-hybridized carbons (Fsp3) is 0.676. The van der Waals surface area contributed by atoms with Crippen molar-refractivity contribution in [2.24, 2.45) is 7.05 Å². The maximum absolute atomic E-state index is 16.5. The zero-order chi connectivity index (χ0) is 45.4. The third kappa shape index (κ3) is 8.41. The summed E-state index contributed by atoms with van der Waals surface area (Å²) in [6, 6.07) is 0. The van der Waals surface area contributed by atoms with Gasteiger partial charge < -0.3 is 47.5 Å².